The van der Waals surface area contributed by atoms with Gasteiger partial charge in [0.05, 0.1) is 24.8 Å². The molecule has 180 valence electrons. The summed E-state index contributed by atoms with van der Waals surface area (Å²) in [6.07, 6.45) is 0. The van der Waals surface area contributed by atoms with Crippen LogP contribution in [0.25, 0.3) is 0 Å². The number of aryl methyl sites for hydroxylation is 2. The lowest BCUT2D eigenvalue weighted by molar-refractivity contribution is -0.119. The third-order valence-corrected chi connectivity index (χ3v) is 7.30. The van der Waals surface area contributed by atoms with Crippen molar-refractivity contribution in [3.63, 3.8) is 0 Å². The fourth-order valence-corrected chi connectivity index (χ4v) is 5.16. The number of nitrogens with one attached hydrogen (secondary N) is 1. The summed E-state index contributed by atoms with van der Waals surface area (Å²) < 4.78 is 39.0. The van der Waals surface area contributed by atoms with Crippen LogP contribution in [0.15, 0.2) is 65.6 Å². The van der Waals surface area contributed by atoms with Crippen molar-refractivity contribution in [2.45, 2.75) is 25.3 Å². The largest absolute Gasteiger partial charge is 0.493 e. The number of hydrogen-bond donors (Lipinski definition) is 1. The highest BCUT2D eigenvalue weighted by Gasteiger charge is 2.28. The lowest BCUT2D eigenvalue weighted by Crippen LogP contribution is -2.40. The number of carbonyl (C=O) groups is 1. The van der Waals surface area contributed by atoms with Crippen LogP contribution in [0.5, 0.6) is 11.5 Å². The van der Waals surface area contributed by atoms with Gasteiger partial charge in [-0.15, -0.1) is 0 Å². The predicted octanol–water partition coefficient (Wildman–Crippen LogP) is 4.49. The van der Waals surface area contributed by atoms with Crippen LogP contribution < -0.4 is 19.1 Å². The molecule has 0 aliphatic rings. The summed E-state index contributed by atoms with van der Waals surface area (Å²) in [5, 5.41) is 3.28. The number of ether oxygens (including phenoxy) is 2. The number of nitrogens with zero attached hydrogens (tertiary/aromatic N) is 1. The minimum Gasteiger partial charge on any atom is -0.493 e. The molecule has 0 spiro atoms. The maximum atomic E-state index is 13.7. The van der Waals surface area contributed by atoms with Crippen molar-refractivity contribution in [1.82, 2.24) is 5.32 Å². The standard InChI is InChI=1S/C25H27ClN2O5S/c1-17-11-18(2)13-20(12-17)28(16-25(29)27-15-19-7-5-6-8-22(19)26)34(30,31)21-9-10-23(32-3)24(14-21)33-4/h5-14H,15-16H2,1-4H3,(H,27,29). The lowest BCUT2D eigenvalue weighted by Gasteiger charge is -2.25. The van der Waals surface area contributed by atoms with Crippen LogP contribution in [0.1, 0.15) is 16.7 Å². The molecular weight excluding hydrogens is 476 g/mol. The number of amides is 1. The molecule has 3 rings (SSSR count). The van der Waals surface area contributed by atoms with Gasteiger partial charge in [-0.25, -0.2) is 8.42 Å². The maximum Gasteiger partial charge on any atom is 0.264 e. The zero-order chi connectivity index (χ0) is 24.9. The number of benzene rings is 3. The molecule has 1 amide bonds. The first-order valence-corrected chi connectivity index (χ1v) is 12.3. The molecule has 0 saturated heterocycles. The molecule has 7 nitrogen and oxygen atoms in total. The normalized spacial score (nSPS) is 11.1. The number of halogens is 1. The zero-order valence-corrected chi connectivity index (χ0v) is 21.0. The second-order valence-corrected chi connectivity index (χ2v) is 10.0. The Balaban J connectivity index is 1.97. The summed E-state index contributed by atoms with van der Waals surface area (Å²) in [6, 6.07) is 16.8. The molecule has 9 heteroatoms. The van der Waals surface area contributed by atoms with Crippen molar-refractivity contribution in [2.24, 2.45) is 0 Å². The SMILES string of the molecule is COc1ccc(S(=O)(=O)N(CC(=O)NCc2ccccc2Cl)c2cc(C)cc(C)c2)cc1OC. The van der Waals surface area contributed by atoms with E-state index >= 15 is 0 Å². The molecule has 3 aromatic carbocycles. The molecule has 0 heterocycles. The Kier molecular flexibility index (Phi) is 8.06. The minimum absolute atomic E-state index is 0.0248. The van der Waals surface area contributed by atoms with E-state index in [1.165, 1.54) is 32.4 Å². The number of sulfonamides is 1. The van der Waals surface area contributed by atoms with Crippen molar-refractivity contribution in [3.8, 4) is 11.5 Å². The van der Waals surface area contributed by atoms with Gasteiger partial charge in [-0.2, -0.15) is 0 Å². The monoisotopic (exact) mass is 502 g/mol. The Morgan fingerprint density at radius 1 is 0.941 bits per heavy atom. The lowest BCUT2D eigenvalue weighted by atomic mass is 10.1. The zero-order valence-electron chi connectivity index (χ0n) is 19.5. The van der Waals surface area contributed by atoms with Crippen molar-refractivity contribution < 1.29 is 22.7 Å². The summed E-state index contributed by atoms with van der Waals surface area (Å²) in [5.74, 6) is 0.201. The van der Waals surface area contributed by atoms with E-state index in [0.717, 1.165) is 21.0 Å². The molecule has 0 radical (unpaired) electrons. The number of rotatable bonds is 9. The summed E-state index contributed by atoms with van der Waals surface area (Å²) >= 11 is 6.17. The molecule has 1 N–H and O–H groups in total. The molecule has 0 bridgehead atoms. The summed E-state index contributed by atoms with van der Waals surface area (Å²) in [6.45, 7) is 3.50. The fraction of sp³-hybridized carbons (Fsp3) is 0.240. The van der Waals surface area contributed by atoms with Gasteiger partial charge in [0.15, 0.2) is 11.5 Å². The van der Waals surface area contributed by atoms with Crippen LogP contribution in [-0.2, 0) is 21.4 Å². The third-order valence-electron chi connectivity index (χ3n) is 5.16. The van der Waals surface area contributed by atoms with E-state index in [1.54, 1.807) is 30.3 Å². The highest BCUT2D eigenvalue weighted by molar-refractivity contribution is 7.92. The van der Waals surface area contributed by atoms with Crippen LogP contribution in [0, 0.1) is 13.8 Å². The minimum atomic E-state index is -4.12. The summed E-state index contributed by atoms with van der Waals surface area (Å²) in [4.78, 5) is 12.9. The van der Waals surface area contributed by atoms with Gasteiger partial charge in [-0.05, 0) is 60.9 Å². The molecule has 0 fully saturated rings. The first kappa shape index (κ1) is 25.4. The van der Waals surface area contributed by atoms with E-state index in [1.807, 2.05) is 26.0 Å². The first-order chi connectivity index (χ1) is 16.1. The summed E-state index contributed by atoms with van der Waals surface area (Å²) in [7, 11) is -1.22. The molecule has 0 aromatic heterocycles. The highest BCUT2D eigenvalue weighted by Crippen LogP contribution is 2.32. The third kappa shape index (κ3) is 5.81. The molecule has 0 atom stereocenters. The van der Waals surface area contributed by atoms with E-state index < -0.39 is 22.5 Å². The highest BCUT2D eigenvalue weighted by atomic mass is 35.5. The molecule has 34 heavy (non-hydrogen) atoms. The Morgan fingerprint density at radius 3 is 2.21 bits per heavy atom. The molecule has 0 saturated carbocycles. The van der Waals surface area contributed by atoms with Crippen molar-refractivity contribution in [3.05, 3.63) is 82.4 Å². The smallest absolute Gasteiger partial charge is 0.264 e. The predicted molar refractivity (Wildman–Crippen MR) is 133 cm³/mol. The molecule has 0 aliphatic carbocycles. The van der Waals surface area contributed by atoms with Gasteiger partial charge in [0, 0.05) is 17.6 Å². The quantitative estimate of drug-likeness (QED) is 0.466. The number of hydrogen-bond acceptors (Lipinski definition) is 5. The van der Waals surface area contributed by atoms with Crippen LogP contribution in [0.4, 0.5) is 5.69 Å². The van der Waals surface area contributed by atoms with Gasteiger partial charge in [0.25, 0.3) is 10.0 Å². The van der Waals surface area contributed by atoms with E-state index in [2.05, 4.69) is 5.32 Å². The van der Waals surface area contributed by atoms with Crippen molar-refractivity contribution in [1.29, 1.82) is 0 Å². The van der Waals surface area contributed by atoms with Gasteiger partial charge < -0.3 is 14.8 Å². The van der Waals surface area contributed by atoms with E-state index in [9.17, 15) is 13.2 Å². The number of anilines is 1. The van der Waals surface area contributed by atoms with Gasteiger partial charge >= 0.3 is 0 Å². The van der Waals surface area contributed by atoms with Crippen molar-refractivity contribution >= 4 is 33.2 Å². The molecule has 3 aromatic rings. The maximum absolute atomic E-state index is 13.7. The average Bonchev–Trinajstić information content (AvgIpc) is 2.80. The van der Waals surface area contributed by atoms with Crippen LogP contribution in [0.3, 0.4) is 0 Å². The van der Waals surface area contributed by atoms with Gasteiger partial charge in [0.2, 0.25) is 5.91 Å². The van der Waals surface area contributed by atoms with Gasteiger partial charge in [0.1, 0.15) is 6.54 Å². The van der Waals surface area contributed by atoms with E-state index in [-0.39, 0.29) is 17.2 Å². The molecule has 0 unspecified atom stereocenters. The van der Waals surface area contributed by atoms with Crippen LogP contribution in [-0.4, -0.2) is 35.1 Å². The Bertz CT molecular complexity index is 1270. The second-order valence-electron chi connectivity index (χ2n) is 7.74. The van der Waals surface area contributed by atoms with Crippen LogP contribution >= 0.6 is 11.6 Å². The molecule has 0 aliphatic heterocycles. The Hall–Kier alpha value is -3.23. The first-order valence-electron chi connectivity index (χ1n) is 10.5. The summed E-state index contributed by atoms with van der Waals surface area (Å²) in [5.41, 5.74) is 2.87. The number of methoxy groups -OCH3 is 2. The Morgan fingerprint density at radius 2 is 1.59 bits per heavy atom. The fourth-order valence-electron chi connectivity index (χ4n) is 3.54. The average molecular weight is 503 g/mol. The van der Waals surface area contributed by atoms with Crippen LogP contribution in [0.2, 0.25) is 5.02 Å². The van der Waals surface area contributed by atoms with Gasteiger partial charge in [-0.3, -0.25) is 9.10 Å². The van der Waals surface area contributed by atoms with E-state index in [0.29, 0.717) is 16.5 Å². The number of carbonyl (C=O) groups excluding carboxylic acids is 1. The Labute approximate surface area is 205 Å². The topological polar surface area (TPSA) is 84.9 Å². The molecular formula is C25H27ClN2O5S. The van der Waals surface area contributed by atoms with E-state index in [4.69, 9.17) is 21.1 Å². The van der Waals surface area contributed by atoms with Gasteiger partial charge in [-0.1, -0.05) is 35.9 Å². The second kappa shape index (κ2) is 10.8. The van der Waals surface area contributed by atoms with Crippen molar-refractivity contribution in [2.75, 3.05) is 25.1 Å².